The van der Waals surface area contributed by atoms with Crippen LogP contribution in [-0.2, 0) is 6.42 Å². The number of carboxylic acid groups (broad SMARTS) is 1. The number of aromatic carboxylic acids is 1. The van der Waals surface area contributed by atoms with Gasteiger partial charge in [0.15, 0.2) is 5.82 Å². The number of hydrogen-bond donors (Lipinski definition) is 2. The highest BCUT2D eigenvalue weighted by Crippen LogP contribution is 2.24. The van der Waals surface area contributed by atoms with E-state index in [9.17, 15) is 4.79 Å². The number of aromatic nitrogens is 3. The summed E-state index contributed by atoms with van der Waals surface area (Å²) in [6.07, 6.45) is 0.539. The molecular weight excluding hydrogens is 256 g/mol. The number of carboxylic acids is 1. The zero-order chi connectivity index (χ0) is 13.1. The summed E-state index contributed by atoms with van der Waals surface area (Å²) in [5.74, 6) is 0.139. The SMILES string of the molecule is Cc1noc(CCNc2snc(C)c2C(=O)O)n1. The Morgan fingerprint density at radius 2 is 2.28 bits per heavy atom. The molecule has 2 N–H and O–H groups in total. The molecule has 0 amide bonds. The molecule has 2 aromatic heterocycles. The van der Waals surface area contributed by atoms with E-state index in [1.54, 1.807) is 13.8 Å². The lowest BCUT2D eigenvalue weighted by Crippen LogP contribution is -2.08. The second kappa shape index (κ2) is 5.13. The first-order chi connectivity index (χ1) is 8.58. The maximum atomic E-state index is 11.0. The molecular formula is C10H12N4O3S. The van der Waals surface area contributed by atoms with Crippen molar-refractivity contribution in [1.29, 1.82) is 0 Å². The topological polar surface area (TPSA) is 101 Å². The van der Waals surface area contributed by atoms with Crippen molar-refractivity contribution in [2.75, 3.05) is 11.9 Å². The highest BCUT2D eigenvalue weighted by Gasteiger charge is 2.17. The van der Waals surface area contributed by atoms with Gasteiger partial charge in [-0.05, 0) is 25.4 Å². The number of rotatable bonds is 5. The van der Waals surface area contributed by atoms with E-state index in [2.05, 4.69) is 19.8 Å². The Kier molecular flexibility index (Phi) is 3.56. The fourth-order valence-electron chi connectivity index (χ4n) is 1.47. The van der Waals surface area contributed by atoms with Gasteiger partial charge in [0.2, 0.25) is 5.89 Å². The van der Waals surface area contributed by atoms with Crippen LogP contribution in [0.25, 0.3) is 0 Å². The zero-order valence-corrected chi connectivity index (χ0v) is 10.7. The Labute approximate surface area is 107 Å². The number of carbonyl (C=O) groups is 1. The van der Waals surface area contributed by atoms with Gasteiger partial charge in [0.05, 0.1) is 5.69 Å². The van der Waals surface area contributed by atoms with Gasteiger partial charge < -0.3 is 14.9 Å². The number of nitrogens with zero attached hydrogens (tertiary/aromatic N) is 3. The van der Waals surface area contributed by atoms with Crippen molar-refractivity contribution >= 4 is 22.5 Å². The molecule has 0 bridgehead atoms. The van der Waals surface area contributed by atoms with E-state index in [1.807, 2.05) is 0 Å². The summed E-state index contributed by atoms with van der Waals surface area (Å²) < 4.78 is 8.97. The van der Waals surface area contributed by atoms with Crippen LogP contribution in [0.3, 0.4) is 0 Å². The van der Waals surface area contributed by atoms with E-state index in [0.717, 1.165) is 11.5 Å². The molecule has 0 fully saturated rings. The van der Waals surface area contributed by atoms with Crippen LogP contribution in [0.4, 0.5) is 5.00 Å². The third kappa shape index (κ3) is 2.65. The molecule has 0 aliphatic rings. The molecule has 7 nitrogen and oxygen atoms in total. The molecule has 2 heterocycles. The smallest absolute Gasteiger partial charge is 0.340 e. The van der Waals surface area contributed by atoms with Crippen molar-refractivity contribution < 1.29 is 14.4 Å². The fraction of sp³-hybridized carbons (Fsp3) is 0.400. The van der Waals surface area contributed by atoms with Crippen LogP contribution < -0.4 is 5.32 Å². The van der Waals surface area contributed by atoms with E-state index in [1.165, 1.54) is 0 Å². The Morgan fingerprint density at radius 1 is 1.50 bits per heavy atom. The highest BCUT2D eigenvalue weighted by atomic mass is 32.1. The van der Waals surface area contributed by atoms with Crippen molar-refractivity contribution in [3.05, 3.63) is 23.0 Å². The van der Waals surface area contributed by atoms with E-state index in [-0.39, 0.29) is 5.56 Å². The first-order valence-corrected chi connectivity index (χ1v) is 6.08. The number of hydrogen-bond acceptors (Lipinski definition) is 7. The highest BCUT2D eigenvalue weighted by molar-refractivity contribution is 7.10. The molecule has 0 aliphatic carbocycles. The van der Waals surface area contributed by atoms with Crippen molar-refractivity contribution in [2.24, 2.45) is 0 Å². The van der Waals surface area contributed by atoms with Crippen LogP contribution in [0.2, 0.25) is 0 Å². The minimum Gasteiger partial charge on any atom is -0.478 e. The van der Waals surface area contributed by atoms with E-state index in [4.69, 9.17) is 9.63 Å². The van der Waals surface area contributed by atoms with E-state index < -0.39 is 5.97 Å². The average molecular weight is 268 g/mol. The summed E-state index contributed by atoms with van der Waals surface area (Å²) in [5, 5.41) is 16.3. The monoisotopic (exact) mass is 268 g/mol. The van der Waals surface area contributed by atoms with Crippen molar-refractivity contribution in [3.63, 3.8) is 0 Å². The molecule has 96 valence electrons. The van der Waals surface area contributed by atoms with E-state index in [0.29, 0.717) is 35.4 Å². The van der Waals surface area contributed by atoms with Gasteiger partial charge in [0.1, 0.15) is 10.6 Å². The Hall–Kier alpha value is -1.96. The van der Waals surface area contributed by atoms with Gasteiger partial charge in [-0.15, -0.1) is 0 Å². The second-order valence-electron chi connectivity index (χ2n) is 3.69. The zero-order valence-electron chi connectivity index (χ0n) is 9.93. The Bertz CT molecular complexity index is 563. The molecule has 0 unspecified atom stereocenters. The summed E-state index contributed by atoms with van der Waals surface area (Å²) in [7, 11) is 0. The first-order valence-electron chi connectivity index (χ1n) is 5.30. The molecule has 0 saturated carbocycles. The maximum Gasteiger partial charge on any atom is 0.340 e. The van der Waals surface area contributed by atoms with Gasteiger partial charge in [-0.3, -0.25) is 0 Å². The van der Waals surface area contributed by atoms with Crippen LogP contribution in [0.1, 0.15) is 27.8 Å². The van der Waals surface area contributed by atoms with Crippen LogP contribution in [0, 0.1) is 13.8 Å². The molecule has 0 spiro atoms. The first kappa shape index (κ1) is 12.5. The van der Waals surface area contributed by atoms with Gasteiger partial charge in [-0.25, -0.2) is 4.79 Å². The molecule has 0 aliphatic heterocycles. The maximum absolute atomic E-state index is 11.0. The lowest BCUT2D eigenvalue weighted by molar-refractivity contribution is 0.0697. The standard InChI is InChI=1S/C10H12N4O3S/c1-5-8(10(15)16)9(18-14-5)11-4-3-7-12-6(2)13-17-7/h11H,3-4H2,1-2H3,(H,15,16). The molecule has 2 rings (SSSR count). The average Bonchev–Trinajstić information content (AvgIpc) is 2.86. The predicted molar refractivity (Wildman–Crippen MR) is 65.0 cm³/mol. The van der Waals surface area contributed by atoms with Crippen molar-refractivity contribution in [3.8, 4) is 0 Å². The molecule has 2 aromatic rings. The summed E-state index contributed by atoms with van der Waals surface area (Å²) >= 11 is 1.14. The molecule has 0 saturated heterocycles. The molecule has 0 radical (unpaired) electrons. The third-order valence-electron chi connectivity index (χ3n) is 2.27. The van der Waals surface area contributed by atoms with Crippen molar-refractivity contribution in [2.45, 2.75) is 20.3 Å². The summed E-state index contributed by atoms with van der Waals surface area (Å²) in [6, 6.07) is 0. The largest absolute Gasteiger partial charge is 0.478 e. The van der Waals surface area contributed by atoms with Gasteiger partial charge in [0, 0.05) is 13.0 Å². The van der Waals surface area contributed by atoms with Crippen molar-refractivity contribution in [1.82, 2.24) is 14.5 Å². The lowest BCUT2D eigenvalue weighted by Gasteiger charge is -2.02. The normalized spacial score (nSPS) is 10.6. The summed E-state index contributed by atoms with van der Waals surface area (Å²) in [6.45, 7) is 3.94. The van der Waals surface area contributed by atoms with Gasteiger partial charge in [-0.1, -0.05) is 5.16 Å². The Balaban J connectivity index is 1.96. The van der Waals surface area contributed by atoms with Crippen LogP contribution in [0.15, 0.2) is 4.52 Å². The molecule has 0 aromatic carbocycles. The molecule has 18 heavy (non-hydrogen) atoms. The molecule has 8 heteroatoms. The number of nitrogens with one attached hydrogen (secondary N) is 1. The summed E-state index contributed by atoms with van der Waals surface area (Å²) in [4.78, 5) is 15.1. The van der Waals surface area contributed by atoms with Crippen LogP contribution >= 0.6 is 11.5 Å². The number of aryl methyl sites for hydroxylation is 2. The predicted octanol–water partition coefficient (Wildman–Crippen LogP) is 1.50. The van der Waals surface area contributed by atoms with Gasteiger partial charge in [0.25, 0.3) is 0 Å². The molecule has 0 atom stereocenters. The Morgan fingerprint density at radius 3 is 2.89 bits per heavy atom. The third-order valence-corrected chi connectivity index (χ3v) is 3.17. The van der Waals surface area contributed by atoms with Gasteiger partial charge >= 0.3 is 5.97 Å². The van der Waals surface area contributed by atoms with Crippen LogP contribution in [-0.4, -0.2) is 32.1 Å². The fourth-order valence-corrected chi connectivity index (χ4v) is 2.28. The lowest BCUT2D eigenvalue weighted by atomic mass is 10.2. The van der Waals surface area contributed by atoms with Crippen LogP contribution in [0.5, 0.6) is 0 Å². The summed E-state index contributed by atoms with van der Waals surface area (Å²) in [5.41, 5.74) is 0.741. The van der Waals surface area contributed by atoms with Gasteiger partial charge in [-0.2, -0.15) is 9.36 Å². The van der Waals surface area contributed by atoms with E-state index >= 15 is 0 Å². The number of anilines is 1. The second-order valence-corrected chi connectivity index (χ2v) is 4.46. The minimum atomic E-state index is -0.975. The quantitative estimate of drug-likeness (QED) is 0.847. The minimum absolute atomic E-state index is 0.224.